The first-order valence-electron chi connectivity index (χ1n) is 7.90. The highest BCUT2D eigenvalue weighted by Crippen LogP contribution is 2.26. The molecule has 4 heteroatoms. The van der Waals surface area contributed by atoms with Gasteiger partial charge in [-0.3, -0.25) is 5.41 Å². The standard InChI is InChI=1S/C19H24IN3/c1-5-15-9-8-10-16(13-15)22(4)19(21)23(14(2)3)18-12-7-6-11-17(18)20/h6-14,21H,5H2,1-4H3. The zero-order chi connectivity index (χ0) is 17.0. The molecule has 2 aromatic rings. The van der Waals surface area contributed by atoms with Crippen molar-refractivity contribution in [1.82, 2.24) is 0 Å². The summed E-state index contributed by atoms with van der Waals surface area (Å²) in [7, 11) is 1.96. The van der Waals surface area contributed by atoms with Crippen LogP contribution >= 0.6 is 22.6 Å². The van der Waals surface area contributed by atoms with E-state index in [9.17, 15) is 0 Å². The second-order valence-corrected chi connectivity index (χ2v) is 6.98. The van der Waals surface area contributed by atoms with Crippen LogP contribution in [0, 0.1) is 8.98 Å². The molecule has 0 heterocycles. The molecule has 1 N–H and O–H groups in total. The Morgan fingerprint density at radius 2 is 1.83 bits per heavy atom. The van der Waals surface area contributed by atoms with Crippen LogP contribution in [-0.4, -0.2) is 19.0 Å². The number of hydrogen-bond donors (Lipinski definition) is 1. The van der Waals surface area contributed by atoms with Gasteiger partial charge in [0.05, 0.1) is 5.69 Å². The smallest absolute Gasteiger partial charge is 0.202 e. The summed E-state index contributed by atoms with van der Waals surface area (Å²) < 4.78 is 1.15. The molecule has 0 unspecified atom stereocenters. The molecule has 0 amide bonds. The van der Waals surface area contributed by atoms with Gasteiger partial charge in [-0.2, -0.15) is 0 Å². The van der Waals surface area contributed by atoms with E-state index >= 15 is 0 Å². The largest absolute Gasteiger partial charge is 0.316 e. The Bertz CT molecular complexity index is 682. The quantitative estimate of drug-likeness (QED) is 0.421. The second kappa shape index (κ2) is 7.81. The summed E-state index contributed by atoms with van der Waals surface area (Å²) in [5.74, 6) is 0.484. The van der Waals surface area contributed by atoms with Gasteiger partial charge < -0.3 is 9.80 Å². The van der Waals surface area contributed by atoms with Crippen molar-refractivity contribution >= 4 is 39.9 Å². The minimum absolute atomic E-state index is 0.204. The fourth-order valence-electron chi connectivity index (χ4n) is 2.55. The van der Waals surface area contributed by atoms with Gasteiger partial charge in [-0.05, 0) is 72.7 Å². The van der Waals surface area contributed by atoms with Gasteiger partial charge in [0.25, 0.3) is 0 Å². The fourth-order valence-corrected chi connectivity index (χ4v) is 3.20. The molecule has 122 valence electrons. The van der Waals surface area contributed by atoms with Crippen LogP contribution in [0.5, 0.6) is 0 Å². The van der Waals surface area contributed by atoms with Gasteiger partial charge in [0.15, 0.2) is 0 Å². The van der Waals surface area contributed by atoms with Crippen molar-refractivity contribution in [3.05, 3.63) is 57.7 Å². The Morgan fingerprint density at radius 1 is 1.13 bits per heavy atom. The van der Waals surface area contributed by atoms with Gasteiger partial charge in [-0.15, -0.1) is 0 Å². The Balaban J connectivity index is 2.36. The van der Waals surface area contributed by atoms with Crippen molar-refractivity contribution in [1.29, 1.82) is 5.41 Å². The molecule has 0 atom stereocenters. The number of guanidine groups is 1. The zero-order valence-corrected chi connectivity index (χ0v) is 16.3. The summed E-state index contributed by atoms with van der Waals surface area (Å²) in [6.07, 6.45) is 0.999. The topological polar surface area (TPSA) is 30.3 Å². The van der Waals surface area contributed by atoms with Crippen molar-refractivity contribution in [2.75, 3.05) is 16.8 Å². The molecule has 0 aliphatic heterocycles. The van der Waals surface area contributed by atoms with E-state index in [1.165, 1.54) is 5.56 Å². The summed E-state index contributed by atoms with van der Waals surface area (Å²) >= 11 is 2.33. The number of nitrogens with one attached hydrogen (secondary N) is 1. The molecule has 3 nitrogen and oxygen atoms in total. The Labute approximate surface area is 153 Å². The van der Waals surface area contributed by atoms with Crippen LogP contribution in [0.2, 0.25) is 0 Å². The molecule has 0 saturated carbocycles. The van der Waals surface area contributed by atoms with Crippen LogP contribution < -0.4 is 9.80 Å². The fraction of sp³-hybridized carbons (Fsp3) is 0.316. The highest BCUT2D eigenvalue weighted by molar-refractivity contribution is 14.1. The number of para-hydroxylation sites is 1. The number of aryl methyl sites for hydroxylation is 1. The van der Waals surface area contributed by atoms with Crippen molar-refractivity contribution in [3.8, 4) is 0 Å². The summed E-state index contributed by atoms with van der Waals surface area (Å²) in [5.41, 5.74) is 3.41. The maximum absolute atomic E-state index is 8.73. The molecule has 0 saturated heterocycles. The van der Waals surface area contributed by atoms with Crippen LogP contribution in [0.25, 0.3) is 0 Å². The third kappa shape index (κ3) is 4.05. The summed E-state index contributed by atoms with van der Waals surface area (Å²) in [5, 5.41) is 8.73. The van der Waals surface area contributed by atoms with Crippen LogP contribution in [0.15, 0.2) is 48.5 Å². The van der Waals surface area contributed by atoms with E-state index in [1.54, 1.807) is 0 Å². The number of benzene rings is 2. The van der Waals surface area contributed by atoms with E-state index in [0.29, 0.717) is 5.96 Å². The lowest BCUT2D eigenvalue weighted by Gasteiger charge is -2.34. The maximum atomic E-state index is 8.73. The average Bonchev–Trinajstić information content (AvgIpc) is 2.55. The minimum Gasteiger partial charge on any atom is -0.316 e. The molecule has 0 aliphatic rings. The summed E-state index contributed by atoms with van der Waals surface area (Å²) in [6.45, 7) is 6.39. The van der Waals surface area contributed by atoms with Crippen molar-refractivity contribution < 1.29 is 0 Å². The van der Waals surface area contributed by atoms with Gasteiger partial charge in [0, 0.05) is 22.3 Å². The predicted octanol–water partition coefficient (Wildman–Crippen LogP) is 5.14. The Morgan fingerprint density at radius 3 is 2.43 bits per heavy atom. The number of hydrogen-bond acceptors (Lipinski definition) is 1. The third-order valence-electron chi connectivity index (χ3n) is 3.88. The van der Waals surface area contributed by atoms with Crippen LogP contribution in [0.1, 0.15) is 26.3 Å². The SMILES string of the molecule is CCc1cccc(N(C)C(=N)N(c2ccccc2I)C(C)C)c1. The molecule has 0 aliphatic carbocycles. The lowest BCUT2D eigenvalue weighted by Crippen LogP contribution is -2.46. The summed E-state index contributed by atoms with van der Waals surface area (Å²) in [6, 6.07) is 16.8. The lowest BCUT2D eigenvalue weighted by atomic mass is 10.1. The van der Waals surface area contributed by atoms with E-state index in [4.69, 9.17) is 5.41 Å². The number of anilines is 2. The number of rotatable bonds is 4. The van der Waals surface area contributed by atoms with E-state index in [0.717, 1.165) is 21.4 Å². The first kappa shape index (κ1) is 17.8. The first-order chi connectivity index (χ1) is 11.0. The van der Waals surface area contributed by atoms with Gasteiger partial charge in [0.1, 0.15) is 0 Å². The van der Waals surface area contributed by atoms with Crippen LogP contribution in [-0.2, 0) is 6.42 Å². The van der Waals surface area contributed by atoms with Gasteiger partial charge in [-0.1, -0.05) is 31.2 Å². The van der Waals surface area contributed by atoms with Gasteiger partial charge >= 0.3 is 0 Å². The van der Waals surface area contributed by atoms with Gasteiger partial charge in [0.2, 0.25) is 5.96 Å². The molecule has 0 fully saturated rings. The third-order valence-corrected chi connectivity index (χ3v) is 4.79. The van der Waals surface area contributed by atoms with Crippen molar-refractivity contribution in [2.24, 2.45) is 0 Å². The second-order valence-electron chi connectivity index (χ2n) is 5.82. The molecule has 2 aromatic carbocycles. The van der Waals surface area contributed by atoms with Crippen LogP contribution in [0.4, 0.5) is 11.4 Å². The molecule has 0 radical (unpaired) electrons. The molecule has 0 bridgehead atoms. The van der Waals surface area contributed by atoms with E-state index < -0.39 is 0 Å². The molecule has 23 heavy (non-hydrogen) atoms. The minimum atomic E-state index is 0.204. The van der Waals surface area contributed by atoms with E-state index in [2.05, 4.69) is 84.7 Å². The van der Waals surface area contributed by atoms with E-state index in [1.807, 2.05) is 24.1 Å². The Kier molecular flexibility index (Phi) is 6.04. The monoisotopic (exact) mass is 421 g/mol. The predicted molar refractivity (Wildman–Crippen MR) is 109 cm³/mol. The Hall–Kier alpha value is -1.56. The van der Waals surface area contributed by atoms with Crippen LogP contribution in [0.3, 0.4) is 0 Å². The average molecular weight is 421 g/mol. The molecule has 0 aromatic heterocycles. The highest BCUT2D eigenvalue weighted by atomic mass is 127. The van der Waals surface area contributed by atoms with Gasteiger partial charge in [-0.25, -0.2) is 0 Å². The normalized spacial score (nSPS) is 10.7. The molecule has 0 spiro atoms. The van der Waals surface area contributed by atoms with E-state index in [-0.39, 0.29) is 6.04 Å². The lowest BCUT2D eigenvalue weighted by molar-refractivity contribution is 0.792. The van der Waals surface area contributed by atoms with Crippen molar-refractivity contribution in [2.45, 2.75) is 33.2 Å². The molecular formula is C19H24IN3. The zero-order valence-electron chi connectivity index (χ0n) is 14.2. The summed E-state index contributed by atoms with van der Waals surface area (Å²) in [4.78, 5) is 4.02. The number of nitrogens with zero attached hydrogens (tertiary/aromatic N) is 2. The first-order valence-corrected chi connectivity index (χ1v) is 8.98. The highest BCUT2D eigenvalue weighted by Gasteiger charge is 2.21. The van der Waals surface area contributed by atoms with Crippen molar-refractivity contribution in [3.63, 3.8) is 0 Å². The number of halogens is 1. The maximum Gasteiger partial charge on any atom is 0.202 e. The molecular weight excluding hydrogens is 397 g/mol. The molecule has 2 rings (SSSR count).